The first kappa shape index (κ1) is 11.9. The first-order valence-corrected chi connectivity index (χ1v) is 7.23. The zero-order valence-corrected chi connectivity index (χ0v) is 12.2. The van der Waals surface area contributed by atoms with Crippen molar-refractivity contribution in [3.05, 3.63) is 46.7 Å². The van der Waals surface area contributed by atoms with Crippen LogP contribution in [0.2, 0.25) is 0 Å². The molecule has 0 N–H and O–H groups in total. The molecule has 0 amide bonds. The van der Waals surface area contributed by atoms with Crippen molar-refractivity contribution in [2.45, 2.75) is 25.9 Å². The first-order valence-electron chi connectivity index (χ1n) is 6.82. The van der Waals surface area contributed by atoms with Gasteiger partial charge in [-0.1, -0.05) is 37.3 Å². The van der Waals surface area contributed by atoms with E-state index in [1.807, 2.05) is 12.1 Å². The Balaban J connectivity index is 2.20. The van der Waals surface area contributed by atoms with E-state index >= 15 is 0 Å². The van der Waals surface area contributed by atoms with E-state index in [2.05, 4.69) is 38.1 Å². The minimum Gasteiger partial charge on any atom is -0.489 e. The summed E-state index contributed by atoms with van der Waals surface area (Å²) >= 11 is 5.45. The Hall–Kier alpha value is -1.87. The number of fused-ring (bicyclic) bond motifs is 5. The topological polar surface area (TPSA) is 22.4 Å². The molecule has 1 aromatic heterocycles. The maximum atomic E-state index is 6.04. The van der Waals surface area contributed by atoms with Crippen molar-refractivity contribution in [1.29, 1.82) is 0 Å². The summed E-state index contributed by atoms with van der Waals surface area (Å²) in [5.41, 5.74) is 1.86. The minimum atomic E-state index is 0.138. The SMILES string of the molecule is C[C@@H]1Oc2c(c(=S)oc3c2ccc2ccccc23)[C@H]1C. The van der Waals surface area contributed by atoms with Crippen molar-refractivity contribution in [1.82, 2.24) is 0 Å². The molecule has 0 radical (unpaired) electrons. The lowest BCUT2D eigenvalue weighted by Gasteiger charge is -2.08. The Bertz CT molecular complexity index is 895. The van der Waals surface area contributed by atoms with Gasteiger partial charge in [-0.15, -0.1) is 0 Å². The molecule has 0 aliphatic carbocycles. The second-order valence-corrected chi connectivity index (χ2v) is 5.78. The molecule has 100 valence electrons. The van der Waals surface area contributed by atoms with Crippen LogP contribution in [0.15, 0.2) is 40.8 Å². The summed E-state index contributed by atoms with van der Waals surface area (Å²) in [7, 11) is 0. The molecule has 2 aromatic carbocycles. The van der Waals surface area contributed by atoms with E-state index in [1.54, 1.807) is 0 Å². The molecule has 2 nitrogen and oxygen atoms in total. The van der Waals surface area contributed by atoms with Gasteiger partial charge in [-0.25, -0.2) is 0 Å². The van der Waals surface area contributed by atoms with Gasteiger partial charge in [-0.2, -0.15) is 0 Å². The van der Waals surface area contributed by atoms with E-state index < -0.39 is 0 Å². The van der Waals surface area contributed by atoms with Crippen LogP contribution in [0.3, 0.4) is 0 Å². The Morgan fingerprint density at radius 2 is 1.80 bits per heavy atom. The maximum Gasteiger partial charge on any atom is 0.198 e. The monoisotopic (exact) mass is 282 g/mol. The molecule has 0 fully saturated rings. The summed E-state index contributed by atoms with van der Waals surface area (Å²) in [6, 6.07) is 12.3. The molecular weight excluding hydrogens is 268 g/mol. The third-order valence-electron chi connectivity index (χ3n) is 4.25. The molecule has 3 heteroatoms. The third kappa shape index (κ3) is 1.47. The molecule has 1 aliphatic rings. The Labute approximate surface area is 122 Å². The van der Waals surface area contributed by atoms with E-state index in [0.29, 0.717) is 4.71 Å². The lowest BCUT2D eigenvalue weighted by molar-refractivity contribution is 0.234. The number of rotatable bonds is 0. The lowest BCUT2D eigenvalue weighted by Crippen LogP contribution is -2.10. The van der Waals surface area contributed by atoms with Crippen LogP contribution in [0.5, 0.6) is 5.75 Å². The molecule has 0 bridgehead atoms. The van der Waals surface area contributed by atoms with Gasteiger partial charge in [0, 0.05) is 11.3 Å². The Morgan fingerprint density at radius 1 is 1.00 bits per heavy atom. The van der Waals surface area contributed by atoms with Crippen molar-refractivity contribution in [2.75, 3.05) is 0 Å². The van der Waals surface area contributed by atoms with Crippen LogP contribution < -0.4 is 4.74 Å². The number of hydrogen-bond donors (Lipinski definition) is 0. The van der Waals surface area contributed by atoms with Gasteiger partial charge in [0.2, 0.25) is 0 Å². The van der Waals surface area contributed by atoms with Crippen LogP contribution in [0.25, 0.3) is 21.7 Å². The van der Waals surface area contributed by atoms with E-state index in [-0.39, 0.29) is 12.0 Å². The number of benzene rings is 2. The highest BCUT2D eigenvalue weighted by Gasteiger charge is 2.32. The van der Waals surface area contributed by atoms with Crippen molar-refractivity contribution in [3.63, 3.8) is 0 Å². The van der Waals surface area contributed by atoms with Gasteiger partial charge >= 0.3 is 0 Å². The summed E-state index contributed by atoms with van der Waals surface area (Å²) in [5, 5.41) is 3.25. The normalized spacial score (nSPS) is 21.1. The molecule has 0 unspecified atom stereocenters. The van der Waals surface area contributed by atoms with Gasteiger partial charge in [0.05, 0.1) is 10.9 Å². The lowest BCUT2D eigenvalue weighted by atomic mass is 9.98. The van der Waals surface area contributed by atoms with Crippen molar-refractivity contribution >= 4 is 34.0 Å². The predicted molar refractivity (Wildman–Crippen MR) is 83.1 cm³/mol. The van der Waals surface area contributed by atoms with Crippen molar-refractivity contribution < 1.29 is 9.15 Å². The fourth-order valence-corrected chi connectivity index (χ4v) is 3.32. The van der Waals surface area contributed by atoms with Crippen LogP contribution in [0.1, 0.15) is 25.3 Å². The molecule has 3 aromatic rings. The molecule has 0 saturated heterocycles. The number of hydrogen-bond acceptors (Lipinski definition) is 3. The second kappa shape index (κ2) is 4.06. The maximum absolute atomic E-state index is 6.04. The van der Waals surface area contributed by atoms with Gasteiger partial charge < -0.3 is 9.15 Å². The second-order valence-electron chi connectivity index (χ2n) is 5.41. The largest absolute Gasteiger partial charge is 0.489 e. The first-order chi connectivity index (χ1) is 9.66. The predicted octanol–water partition coefficient (Wildman–Crippen LogP) is 5.20. The molecule has 4 rings (SSSR count). The standard InChI is InChI=1S/C17H14O2S/c1-9-10(2)18-16-13-8-7-11-5-3-4-6-12(11)15(13)19-17(20)14(9)16/h3-10H,1-2H3/t9-,10-/m0/s1. The van der Waals surface area contributed by atoms with Crippen LogP contribution in [-0.4, -0.2) is 6.10 Å². The Kier molecular flexibility index (Phi) is 2.42. The highest BCUT2D eigenvalue weighted by molar-refractivity contribution is 7.71. The van der Waals surface area contributed by atoms with Gasteiger partial charge in [0.25, 0.3) is 0 Å². The van der Waals surface area contributed by atoms with Crippen LogP contribution >= 0.6 is 12.2 Å². The van der Waals surface area contributed by atoms with Crippen molar-refractivity contribution in [2.24, 2.45) is 0 Å². The highest BCUT2D eigenvalue weighted by Crippen LogP contribution is 2.44. The molecule has 1 aliphatic heterocycles. The Morgan fingerprint density at radius 3 is 2.65 bits per heavy atom. The minimum absolute atomic E-state index is 0.138. The molecule has 0 saturated carbocycles. The summed E-state index contributed by atoms with van der Waals surface area (Å²) in [6.07, 6.45) is 0.138. The summed E-state index contributed by atoms with van der Waals surface area (Å²) < 4.78 is 12.6. The summed E-state index contributed by atoms with van der Waals surface area (Å²) in [5.74, 6) is 1.18. The fourth-order valence-electron chi connectivity index (χ4n) is 2.96. The van der Waals surface area contributed by atoms with E-state index in [0.717, 1.165) is 33.1 Å². The van der Waals surface area contributed by atoms with E-state index in [1.165, 1.54) is 0 Å². The van der Waals surface area contributed by atoms with E-state index in [9.17, 15) is 0 Å². The van der Waals surface area contributed by atoms with E-state index in [4.69, 9.17) is 21.4 Å². The van der Waals surface area contributed by atoms with Gasteiger partial charge in [0.1, 0.15) is 17.4 Å². The average Bonchev–Trinajstić information content (AvgIpc) is 2.76. The smallest absolute Gasteiger partial charge is 0.198 e. The number of ether oxygens (including phenoxy) is 1. The summed E-state index contributed by atoms with van der Waals surface area (Å²) in [4.78, 5) is 0. The zero-order chi connectivity index (χ0) is 13.9. The fraction of sp³-hybridized carbons (Fsp3) is 0.235. The van der Waals surface area contributed by atoms with Gasteiger partial charge in [-0.05, 0) is 30.6 Å². The summed E-state index contributed by atoms with van der Waals surface area (Å²) in [6.45, 7) is 4.21. The van der Waals surface area contributed by atoms with Crippen LogP contribution in [0.4, 0.5) is 0 Å². The van der Waals surface area contributed by atoms with Crippen LogP contribution in [-0.2, 0) is 0 Å². The molecule has 2 heterocycles. The third-order valence-corrected chi connectivity index (χ3v) is 4.55. The van der Waals surface area contributed by atoms with Gasteiger partial charge in [0.15, 0.2) is 4.71 Å². The van der Waals surface area contributed by atoms with Gasteiger partial charge in [-0.3, -0.25) is 0 Å². The van der Waals surface area contributed by atoms with Crippen molar-refractivity contribution in [3.8, 4) is 5.75 Å². The van der Waals surface area contributed by atoms with Crippen LogP contribution in [0, 0.1) is 4.71 Å². The quantitative estimate of drug-likeness (QED) is 0.418. The molecule has 2 atom stereocenters. The molecule has 0 spiro atoms. The highest BCUT2D eigenvalue weighted by atomic mass is 32.1. The molecule has 20 heavy (non-hydrogen) atoms. The zero-order valence-electron chi connectivity index (χ0n) is 11.3. The molecular formula is C17H14O2S. The average molecular weight is 282 g/mol.